The average Bonchev–Trinajstić information content (AvgIpc) is 3.91. The van der Waals surface area contributed by atoms with Crippen molar-refractivity contribution in [1.29, 1.82) is 0 Å². The van der Waals surface area contributed by atoms with Crippen LogP contribution >= 0.6 is 0 Å². The number of nitro benzene ring substituents is 1. The molecule has 3 aliphatic heterocycles. The first-order chi connectivity index (χ1) is 28.5. The SMILES string of the molecule is COc1ccc([Si](C)(C)[C@@H]2[C@@H](CCn3cc(C(CO)c4ccccc4)nn3)O[C@]3(C(=O)N(Cc4ccc(N5CCCCC5=O)cc4)c4ccc([N+](=O)[O-])cc43)[C@H]2C)cc1. The summed E-state index contributed by atoms with van der Waals surface area (Å²) in [6, 6.07) is 30.2. The highest BCUT2D eigenvalue weighted by Gasteiger charge is 2.66. The van der Waals surface area contributed by atoms with Crippen LogP contribution in [0.15, 0.2) is 103 Å². The second-order valence-electron chi connectivity index (χ2n) is 16.5. The van der Waals surface area contributed by atoms with Crippen LogP contribution in [0.1, 0.15) is 60.9 Å². The molecule has 4 aromatic carbocycles. The molecule has 1 N–H and O–H groups in total. The van der Waals surface area contributed by atoms with Crippen LogP contribution < -0.4 is 19.7 Å². The third kappa shape index (κ3) is 7.23. The Bertz CT molecular complexity index is 2340. The summed E-state index contributed by atoms with van der Waals surface area (Å²) in [7, 11) is -0.870. The molecule has 306 valence electrons. The second kappa shape index (κ2) is 16.2. The van der Waals surface area contributed by atoms with Crippen molar-refractivity contribution >= 4 is 42.1 Å². The molecular weight excluding hydrogens is 765 g/mol. The Kier molecular flexibility index (Phi) is 11.0. The van der Waals surface area contributed by atoms with Crippen LogP contribution in [0.25, 0.3) is 0 Å². The summed E-state index contributed by atoms with van der Waals surface area (Å²) in [6.45, 7) is 7.87. The Balaban J connectivity index is 1.15. The highest BCUT2D eigenvalue weighted by Crippen LogP contribution is 2.60. The van der Waals surface area contributed by atoms with Crippen molar-refractivity contribution in [3.63, 3.8) is 0 Å². The molecule has 2 amide bonds. The predicted octanol–water partition coefficient (Wildman–Crippen LogP) is 6.69. The average molecular weight is 815 g/mol. The number of hydrogen-bond acceptors (Lipinski definition) is 9. The van der Waals surface area contributed by atoms with E-state index in [0.29, 0.717) is 42.9 Å². The van der Waals surface area contributed by atoms with Crippen LogP contribution in [0.3, 0.4) is 0 Å². The van der Waals surface area contributed by atoms with Gasteiger partial charge in [0, 0.05) is 55.0 Å². The summed E-state index contributed by atoms with van der Waals surface area (Å²) in [5.74, 6) is -0.0911. The van der Waals surface area contributed by atoms with Crippen molar-refractivity contribution in [2.45, 2.75) is 82.0 Å². The fraction of sp³-hybridized carbons (Fsp3) is 0.378. The molecule has 1 unspecified atom stereocenters. The van der Waals surface area contributed by atoms with E-state index in [0.717, 1.165) is 35.4 Å². The van der Waals surface area contributed by atoms with Gasteiger partial charge in [0.25, 0.3) is 11.6 Å². The lowest BCUT2D eigenvalue weighted by atomic mass is 9.82. The van der Waals surface area contributed by atoms with Gasteiger partial charge in [-0.2, -0.15) is 0 Å². The molecule has 5 aromatic rings. The number of anilines is 2. The number of hydrogen-bond donors (Lipinski definition) is 1. The topological polar surface area (TPSA) is 153 Å². The fourth-order valence-electron chi connectivity index (χ4n) is 9.78. The van der Waals surface area contributed by atoms with E-state index in [4.69, 9.17) is 9.47 Å². The standard InChI is InChI=1S/C45H50N6O7Si/c1-30-43(59(3,4)36-20-18-35(57-2)19-21-36)41(23-25-48-28-39(46-47-48)37(29-52)32-10-6-5-7-11-32)58-45(30)38-26-34(51(55)56)17-22-40(38)50(44(45)54)27-31-13-15-33(16-14-31)49-24-9-8-12-42(49)53/h5-7,10-11,13-22,26,28,30,37,41,43,52H,8-9,12,23-25,27,29H2,1-4H3/t30-,37?,41+,43-,45+/m0/s1. The van der Waals surface area contributed by atoms with E-state index in [-0.39, 0.29) is 48.0 Å². The maximum atomic E-state index is 15.3. The first kappa shape index (κ1) is 40.1. The first-order valence-electron chi connectivity index (χ1n) is 20.3. The predicted molar refractivity (Wildman–Crippen MR) is 227 cm³/mol. The Hall–Kier alpha value is -5.70. The Morgan fingerprint density at radius 2 is 1.76 bits per heavy atom. The van der Waals surface area contributed by atoms with Gasteiger partial charge in [-0.1, -0.05) is 85.0 Å². The molecule has 0 radical (unpaired) electrons. The number of rotatable bonds is 13. The van der Waals surface area contributed by atoms with Crippen molar-refractivity contribution in [1.82, 2.24) is 15.0 Å². The first-order valence-corrected chi connectivity index (χ1v) is 23.4. The molecule has 2 saturated heterocycles. The van der Waals surface area contributed by atoms with E-state index in [1.54, 1.807) is 22.8 Å². The number of aliphatic hydroxyl groups excluding tert-OH is 1. The minimum atomic E-state index is -2.51. The molecule has 1 aromatic heterocycles. The smallest absolute Gasteiger partial charge is 0.269 e. The molecule has 2 fully saturated rings. The van der Waals surface area contributed by atoms with Crippen molar-refractivity contribution < 1.29 is 29.1 Å². The summed E-state index contributed by atoms with van der Waals surface area (Å²) < 4.78 is 14.5. The number of nitro groups is 1. The maximum absolute atomic E-state index is 15.3. The van der Waals surface area contributed by atoms with Gasteiger partial charge >= 0.3 is 0 Å². The molecule has 4 heterocycles. The monoisotopic (exact) mass is 814 g/mol. The number of methoxy groups -OCH3 is 1. The van der Waals surface area contributed by atoms with Crippen LogP contribution in [0.5, 0.6) is 5.75 Å². The van der Waals surface area contributed by atoms with Gasteiger partial charge in [0.15, 0.2) is 5.60 Å². The fourth-order valence-corrected chi connectivity index (χ4v) is 13.8. The number of carbonyl (C=O) groups excluding carboxylic acids is 2. The lowest BCUT2D eigenvalue weighted by Gasteiger charge is -2.37. The zero-order valence-corrected chi connectivity index (χ0v) is 34.9. The summed E-state index contributed by atoms with van der Waals surface area (Å²) in [4.78, 5) is 43.3. The van der Waals surface area contributed by atoms with Crippen LogP contribution in [0.2, 0.25) is 18.6 Å². The second-order valence-corrected chi connectivity index (χ2v) is 21.2. The molecule has 0 aliphatic carbocycles. The molecule has 14 heteroatoms. The third-order valence-corrected chi connectivity index (χ3v) is 17.2. The minimum Gasteiger partial charge on any atom is -0.497 e. The van der Waals surface area contributed by atoms with Gasteiger partial charge in [0.05, 0.1) is 56.7 Å². The number of aryl methyl sites for hydroxylation is 1. The molecule has 3 aliphatic rings. The zero-order valence-electron chi connectivity index (χ0n) is 33.9. The zero-order chi connectivity index (χ0) is 41.5. The number of amides is 2. The van der Waals surface area contributed by atoms with Crippen LogP contribution in [0.4, 0.5) is 17.1 Å². The van der Waals surface area contributed by atoms with Crippen molar-refractivity contribution in [2.75, 3.05) is 30.1 Å². The molecule has 5 atom stereocenters. The molecule has 59 heavy (non-hydrogen) atoms. The van der Waals surface area contributed by atoms with E-state index < -0.39 is 24.7 Å². The summed E-state index contributed by atoms with van der Waals surface area (Å²) in [5, 5.41) is 32.7. The van der Waals surface area contributed by atoms with Crippen molar-refractivity contribution in [3.05, 3.63) is 136 Å². The number of piperidine rings is 1. The Morgan fingerprint density at radius 3 is 2.44 bits per heavy atom. The number of aliphatic hydroxyl groups is 1. The number of non-ortho nitro benzene ring substituents is 1. The maximum Gasteiger partial charge on any atom is 0.269 e. The number of ether oxygens (including phenoxy) is 2. The summed E-state index contributed by atoms with van der Waals surface area (Å²) >= 11 is 0. The minimum absolute atomic E-state index is 0.106. The van der Waals surface area contributed by atoms with Gasteiger partial charge in [0.2, 0.25) is 5.91 Å². The van der Waals surface area contributed by atoms with Crippen LogP contribution in [-0.2, 0) is 33.0 Å². The number of fused-ring (bicyclic) bond motifs is 2. The van der Waals surface area contributed by atoms with Gasteiger partial charge < -0.3 is 24.4 Å². The van der Waals surface area contributed by atoms with Gasteiger partial charge in [-0.15, -0.1) is 5.10 Å². The van der Waals surface area contributed by atoms with E-state index in [9.17, 15) is 20.0 Å². The van der Waals surface area contributed by atoms with E-state index in [2.05, 4.69) is 42.5 Å². The Morgan fingerprint density at radius 1 is 1.02 bits per heavy atom. The van der Waals surface area contributed by atoms with Gasteiger partial charge in [-0.3, -0.25) is 24.4 Å². The van der Waals surface area contributed by atoms with Crippen molar-refractivity contribution in [2.24, 2.45) is 5.92 Å². The highest BCUT2D eigenvalue weighted by molar-refractivity contribution is 6.91. The molecule has 0 bridgehead atoms. The van der Waals surface area contributed by atoms with Gasteiger partial charge in [-0.25, -0.2) is 0 Å². The molecule has 1 spiro atoms. The summed E-state index contributed by atoms with van der Waals surface area (Å²) in [6.07, 6.45) is 4.31. The molecular formula is C45H50N6O7Si. The van der Waals surface area contributed by atoms with Crippen LogP contribution in [-0.4, -0.2) is 71.3 Å². The number of nitrogens with zero attached hydrogens (tertiary/aromatic N) is 6. The normalized spacial score (nSPS) is 22.2. The lowest BCUT2D eigenvalue weighted by Crippen LogP contribution is -2.51. The Labute approximate surface area is 344 Å². The number of aromatic nitrogens is 3. The largest absolute Gasteiger partial charge is 0.497 e. The molecule has 13 nitrogen and oxygen atoms in total. The molecule has 0 saturated carbocycles. The van der Waals surface area contributed by atoms with Gasteiger partial charge in [0.1, 0.15) is 5.75 Å². The van der Waals surface area contributed by atoms with Gasteiger partial charge in [-0.05, 0) is 66.3 Å². The van der Waals surface area contributed by atoms with E-state index >= 15 is 4.79 Å². The lowest BCUT2D eigenvalue weighted by molar-refractivity contribution is -0.385. The quantitative estimate of drug-likeness (QED) is 0.0779. The van der Waals surface area contributed by atoms with E-state index in [1.807, 2.05) is 77.8 Å². The highest BCUT2D eigenvalue weighted by atomic mass is 28.3. The van der Waals surface area contributed by atoms with Crippen LogP contribution in [0, 0.1) is 16.0 Å². The number of benzene rings is 4. The molecule has 8 rings (SSSR count). The van der Waals surface area contributed by atoms with E-state index in [1.165, 1.54) is 17.3 Å². The summed E-state index contributed by atoms with van der Waals surface area (Å²) in [5.41, 5.74) is 2.66. The third-order valence-electron chi connectivity index (χ3n) is 12.9. The van der Waals surface area contributed by atoms with Crippen molar-refractivity contribution in [3.8, 4) is 5.75 Å². The number of carbonyl (C=O) groups is 2.